The van der Waals surface area contributed by atoms with Crippen LogP contribution in [0.2, 0.25) is 5.02 Å². The third kappa shape index (κ3) is 3.45. The topological polar surface area (TPSA) is 41.1 Å². The number of amides is 1. The van der Waals surface area contributed by atoms with Crippen molar-refractivity contribution in [3.8, 4) is 0 Å². The summed E-state index contributed by atoms with van der Waals surface area (Å²) in [6.07, 6.45) is 2.17. The second-order valence-corrected chi connectivity index (χ2v) is 5.75. The van der Waals surface area contributed by atoms with E-state index in [1.807, 2.05) is 0 Å². The highest BCUT2D eigenvalue weighted by Gasteiger charge is 2.27. The monoisotopic (exact) mass is 284 g/mol. The number of rotatable bonds is 3. The fourth-order valence-electron chi connectivity index (χ4n) is 2.34. The Labute approximate surface area is 117 Å². The Bertz CT molecular complexity index is 473. The van der Waals surface area contributed by atoms with Crippen LogP contribution in [0.3, 0.4) is 0 Å². The molecule has 19 heavy (non-hydrogen) atoms. The maximum absolute atomic E-state index is 13.3. The van der Waals surface area contributed by atoms with E-state index in [1.54, 1.807) is 0 Å². The van der Waals surface area contributed by atoms with Crippen LogP contribution in [-0.2, 0) is 0 Å². The van der Waals surface area contributed by atoms with E-state index in [0.29, 0.717) is 6.54 Å². The van der Waals surface area contributed by atoms with Gasteiger partial charge in [0.2, 0.25) is 0 Å². The molecule has 1 saturated heterocycles. The maximum atomic E-state index is 13.3. The number of piperidine rings is 1. The number of carbonyl (C=O) groups is 1. The third-order valence-electron chi connectivity index (χ3n) is 3.56. The molecule has 1 aliphatic heterocycles. The van der Waals surface area contributed by atoms with Crippen LogP contribution >= 0.6 is 11.6 Å². The number of nitrogens with one attached hydrogen (secondary N) is 2. The zero-order chi connectivity index (χ0) is 13.9. The Morgan fingerprint density at radius 1 is 1.58 bits per heavy atom. The van der Waals surface area contributed by atoms with Crippen molar-refractivity contribution in [2.24, 2.45) is 5.41 Å². The molecule has 0 radical (unpaired) electrons. The molecule has 2 rings (SSSR count). The van der Waals surface area contributed by atoms with E-state index in [-0.39, 0.29) is 21.9 Å². The van der Waals surface area contributed by atoms with Crippen LogP contribution in [0.1, 0.15) is 30.1 Å². The summed E-state index contributed by atoms with van der Waals surface area (Å²) in [6, 6.07) is 4.26. The van der Waals surface area contributed by atoms with Gasteiger partial charge in [-0.3, -0.25) is 4.79 Å². The van der Waals surface area contributed by atoms with Crippen molar-refractivity contribution >= 4 is 17.5 Å². The van der Waals surface area contributed by atoms with Gasteiger partial charge in [-0.05, 0) is 36.9 Å². The molecule has 0 aromatic heterocycles. The molecule has 1 aromatic rings. The first-order chi connectivity index (χ1) is 9.02. The first-order valence-corrected chi connectivity index (χ1v) is 6.83. The fourth-order valence-corrected chi connectivity index (χ4v) is 2.55. The SMILES string of the molecule is CC1(CNC(=O)c2cccc(F)c2Cl)CCCNC1. The van der Waals surface area contributed by atoms with Gasteiger partial charge in [-0.2, -0.15) is 0 Å². The molecular weight excluding hydrogens is 267 g/mol. The summed E-state index contributed by atoms with van der Waals surface area (Å²) in [6.45, 7) is 4.60. The minimum atomic E-state index is -0.570. The molecule has 2 N–H and O–H groups in total. The zero-order valence-corrected chi connectivity index (χ0v) is 11.7. The Kier molecular flexibility index (Phi) is 4.42. The summed E-state index contributed by atoms with van der Waals surface area (Å²) < 4.78 is 13.3. The highest BCUT2D eigenvalue weighted by Crippen LogP contribution is 2.25. The van der Waals surface area contributed by atoms with Crippen molar-refractivity contribution in [2.45, 2.75) is 19.8 Å². The lowest BCUT2D eigenvalue weighted by molar-refractivity contribution is 0.0924. The number of carbonyl (C=O) groups excluding carboxylic acids is 1. The summed E-state index contributed by atoms with van der Waals surface area (Å²) in [5.41, 5.74) is 0.238. The molecule has 1 fully saturated rings. The van der Waals surface area contributed by atoms with Crippen LogP contribution in [-0.4, -0.2) is 25.5 Å². The molecule has 0 spiro atoms. The van der Waals surface area contributed by atoms with Gasteiger partial charge in [0.15, 0.2) is 0 Å². The second-order valence-electron chi connectivity index (χ2n) is 5.38. The Morgan fingerprint density at radius 3 is 3.05 bits per heavy atom. The summed E-state index contributed by atoms with van der Waals surface area (Å²) in [7, 11) is 0. The van der Waals surface area contributed by atoms with Crippen molar-refractivity contribution in [1.29, 1.82) is 0 Å². The van der Waals surface area contributed by atoms with E-state index in [0.717, 1.165) is 25.9 Å². The van der Waals surface area contributed by atoms with E-state index >= 15 is 0 Å². The van der Waals surface area contributed by atoms with Crippen LogP contribution in [0, 0.1) is 11.2 Å². The largest absolute Gasteiger partial charge is 0.351 e. The van der Waals surface area contributed by atoms with Gasteiger partial charge in [-0.25, -0.2) is 4.39 Å². The highest BCUT2D eigenvalue weighted by molar-refractivity contribution is 6.34. The lowest BCUT2D eigenvalue weighted by Gasteiger charge is -2.34. The number of hydrogen-bond donors (Lipinski definition) is 2. The van der Waals surface area contributed by atoms with Crippen LogP contribution < -0.4 is 10.6 Å². The van der Waals surface area contributed by atoms with Crippen LogP contribution in [0.5, 0.6) is 0 Å². The van der Waals surface area contributed by atoms with Crippen LogP contribution in [0.4, 0.5) is 4.39 Å². The Balaban J connectivity index is 1.99. The Morgan fingerprint density at radius 2 is 2.37 bits per heavy atom. The molecule has 1 atom stereocenters. The van der Waals surface area contributed by atoms with Crippen molar-refractivity contribution < 1.29 is 9.18 Å². The smallest absolute Gasteiger partial charge is 0.252 e. The summed E-state index contributed by atoms with van der Waals surface area (Å²) in [5, 5.41) is 6.05. The molecular formula is C14H18ClFN2O. The van der Waals surface area contributed by atoms with E-state index < -0.39 is 5.82 Å². The number of benzene rings is 1. The lowest BCUT2D eigenvalue weighted by Crippen LogP contribution is -2.45. The van der Waals surface area contributed by atoms with Gasteiger partial charge in [0.05, 0.1) is 10.6 Å². The molecule has 3 nitrogen and oxygen atoms in total. The fraction of sp³-hybridized carbons (Fsp3) is 0.500. The lowest BCUT2D eigenvalue weighted by atomic mass is 9.83. The standard InChI is InChI=1S/C14H18ClFN2O/c1-14(6-3-7-17-8-14)9-18-13(19)10-4-2-5-11(16)12(10)15/h2,4-5,17H,3,6-9H2,1H3,(H,18,19). The molecule has 1 amide bonds. The van der Waals surface area contributed by atoms with E-state index in [1.165, 1.54) is 18.2 Å². The predicted molar refractivity (Wildman–Crippen MR) is 74.0 cm³/mol. The third-order valence-corrected chi connectivity index (χ3v) is 3.94. The molecule has 1 unspecified atom stereocenters. The second kappa shape index (κ2) is 5.88. The van der Waals surface area contributed by atoms with Crippen molar-refractivity contribution in [3.63, 3.8) is 0 Å². The number of halogens is 2. The molecule has 0 aliphatic carbocycles. The van der Waals surface area contributed by atoms with Crippen LogP contribution in [0.15, 0.2) is 18.2 Å². The van der Waals surface area contributed by atoms with Crippen molar-refractivity contribution in [3.05, 3.63) is 34.6 Å². The van der Waals surface area contributed by atoms with Gasteiger partial charge >= 0.3 is 0 Å². The van der Waals surface area contributed by atoms with E-state index in [2.05, 4.69) is 17.6 Å². The zero-order valence-electron chi connectivity index (χ0n) is 10.9. The van der Waals surface area contributed by atoms with E-state index in [9.17, 15) is 9.18 Å². The molecule has 1 aliphatic rings. The van der Waals surface area contributed by atoms with Crippen molar-refractivity contribution in [2.75, 3.05) is 19.6 Å². The highest BCUT2D eigenvalue weighted by atomic mass is 35.5. The summed E-state index contributed by atoms with van der Waals surface area (Å²) in [5.74, 6) is -0.892. The van der Waals surface area contributed by atoms with Crippen molar-refractivity contribution in [1.82, 2.24) is 10.6 Å². The normalized spacial score (nSPS) is 23.1. The van der Waals surface area contributed by atoms with Gasteiger partial charge in [0.25, 0.3) is 5.91 Å². The van der Waals surface area contributed by atoms with Gasteiger partial charge in [0, 0.05) is 13.1 Å². The average molecular weight is 285 g/mol. The Hall–Kier alpha value is -1.13. The van der Waals surface area contributed by atoms with E-state index in [4.69, 9.17) is 11.6 Å². The summed E-state index contributed by atoms with van der Waals surface area (Å²) >= 11 is 5.80. The van der Waals surface area contributed by atoms with Gasteiger partial charge in [0.1, 0.15) is 5.82 Å². The van der Waals surface area contributed by atoms with Gasteiger partial charge in [-0.1, -0.05) is 24.6 Å². The molecule has 1 heterocycles. The minimum Gasteiger partial charge on any atom is -0.351 e. The first kappa shape index (κ1) is 14.3. The quantitative estimate of drug-likeness (QED) is 0.896. The molecule has 0 bridgehead atoms. The minimum absolute atomic E-state index is 0.0493. The van der Waals surface area contributed by atoms with Gasteiger partial charge < -0.3 is 10.6 Å². The first-order valence-electron chi connectivity index (χ1n) is 6.45. The summed E-state index contributed by atoms with van der Waals surface area (Å²) in [4.78, 5) is 12.0. The molecule has 5 heteroatoms. The number of hydrogen-bond acceptors (Lipinski definition) is 2. The molecule has 0 saturated carbocycles. The van der Waals surface area contributed by atoms with Crippen LogP contribution in [0.25, 0.3) is 0 Å². The average Bonchev–Trinajstić information content (AvgIpc) is 2.40. The molecule has 104 valence electrons. The van der Waals surface area contributed by atoms with Gasteiger partial charge in [-0.15, -0.1) is 0 Å². The maximum Gasteiger partial charge on any atom is 0.252 e. The predicted octanol–water partition coefficient (Wildman–Crippen LogP) is 2.60. The molecule has 1 aromatic carbocycles.